The van der Waals surface area contributed by atoms with Crippen LogP contribution in [0.4, 0.5) is 0 Å². The van der Waals surface area contributed by atoms with Gasteiger partial charge in [0, 0.05) is 0 Å². The Morgan fingerprint density at radius 1 is 2.00 bits per heavy atom. The van der Waals surface area contributed by atoms with E-state index in [4.69, 9.17) is 5.11 Å². The average molecular weight is 144 g/mol. The van der Waals surface area contributed by atoms with Gasteiger partial charge in [-0.25, -0.2) is 0 Å². The quantitative estimate of drug-likeness (QED) is 0.428. The van der Waals surface area contributed by atoms with Gasteiger partial charge in [0.15, 0.2) is 0 Å². The summed E-state index contributed by atoms with van der Waals surface area (Å²) in [6.07, 6.45) is 0.192. The SMILES string of the molecule is O=C(O)C[C@H]1CO1.[Ca+2].[H-].[H-]. The molecule has 0 aliphatic carbocycles. The maximum Gasteiger partial charge on any atom is 2.00 e. The topological polar surface area (TPSA) is 49.8 Å². The number of carboxylic acid groups (broad SMARTS) is 1. The van der Waals surface area contributed by atoms with Crippen LogP contribution in [0.25, 0.3) is 0 Å². The van der Waals surface area contributed by atoms with Gasteiger partial charge >= 0.3 is 43.7 Å². The van der Waals surface area contributed by atoms with Gasteiger partial charge in [-0.1, -0.05) is 0 Å². The molecule has 0 aromatic carbocycles. The number of carbonyl (C=O) groups is 1. The standard InChI is InChI=1S/C4H6O3.Ca.2H/c5-4(6)1-3-2-7-3;;;/h3H,1-2H2,(H,5,6);;;/q;+2;2*-1/t3-;;;/m0.../s1. The molecule has 4 heteroatoms. The summed E-state index contributed by atoms with van der Waals surface area (Å²) in [6, 6.07) is 0. The van der Waals surface area contributed by atoms with E-state index in [9.17, 15) is 4.79 Å². The van der Waals surface area contributed by atoms with Crippen molar-refractivity contribution >= 4 is 43.7 Å². The second-order valence-corrected chi connectivity index (χ2v) is 1.55. The second-order valence-electron chi connectivity index (χ2n) is 1.55. The molecule has 0 amide bonds. The molecule has 1 saturated heterocycles. The first-order chi connectivity index (χ1) is 3.29. The summed E-state index contributed by atoms with van der Waals surface area (Å²) in [7, 11) is 0. The fourth-order valence-corrected chi connectivity index (χ4v) is 0.381. The van der Waals surface area contributed by atoms with Crippen LogP contribution in [0.3, 0.4) is 0 Å². The molecule has 1 rings (SSSR count). The molecule has 0 unspecified atom stereocenters. The minimum Gasteiger partial charge on any atom is -1.00 e. The Balaban J connectivity index is -0.000000163. The molecule has 0 aromatic heterocycles. The predicted molar refractivity (Wildman–Crippen MR) is 30.0 cm³/mol. The summed E-state index contributed by atoms with van der Waals surface area (Å²) >= 11 is 0. The summed E-state index contributed by atoms with van der Waals surface area (Å²) < 4.78 is 4.64. The van der Waals surface area contributed by atoms with Crippen LogP contribution in [0.5, 0.6) is 0 Å². The number of ether oxygens (including phenoxy) is 1. The number of carboxylic acids is 1. The maximum atomic E-state index is 9.77. The summed E-state index contributed by atoms with van der Waals surface area (Å²) in [5, 5.41) is 8.04. The average Bonchev–Trinajstić information content (AvgIpc) is 2.17. The molecule has 1 aliphatic heterocycles. The smallest absolute Gasteiger partial charge is 1.00 e. The molecule has 44 valence electrons. The van der Waals surface area contributed by atoms with E-state index in [1.165, 1.54) is 0 Å². The summed E-state index contributed by atoms with van der Waals surface area (Å²) in [5.74, 6) is -0.775. The Hall–Kier alpha value is 0.690. The van der Waals surface area contributed by atoms with Gasteiger partial charge in [-0.3, -0.25) is 4.79 Å². The van der Waals surface area contributed by atoms with Crippen LogP contribution in [0, 0.1) is 0 Å². The van der Waals surface area contributed by atoms with E-state index >= 15 is 0 Å². The molecule has 0 saturated carbocycles. The molecule has 1 fully saturated rings. The van der Waals surface area contributed by atoms with Gasteiger partial charge in [0.2, 0.25) is 0 Å². The minimum absolute atomic E-state index is 0. The molecule has 3 nitrogen and oxygen atoms in total. The van der Waals surface area contributed by atoms with Crippen molar-refractivity contribution < 1.29 is 17.5 Å². The Labute approximate surface area is 80.0 Å². The first-order valence-electron chi connectivity index (χ1n) is 2.12. The number of aliphatic carboxylic acids is 1. The molecule has 1 aliphatic rings. The second kappa shape index (κ2) is 3.67. The number of hydrogen-bond donors (Lipinski definition) is 1. The fraction of sp³-hybridized carbons (Fsp3) is 0.750. The zero-order valence-corrected chi connectivity index (χ0v) is 6.67. The van der Waals surface area contributed by atoms with E-state index in [2.05, 4.69) is 4.74 Å². The van der Waals surface area contributed by atoms with E-state index in [1.807, 2.05) is 0 Å². The van der Waals surface area contributed by atoms with Crippen LogP contribution in [0.1, 0.15) is 9.27 Å². The van der Waals surface area contributed by atoms with Crippen LogP contribution in [0.2, 0.25) is 0 Å². The van der Waals surface area contributed by atoms with Crippen LogP contribution in [0.15, 0.2) is 0 Å². The van der Waals surface area contributed by atoms with Crippen molar-refractivity contribution in [1.29, 1.82) is 0 Å². The van der Waals surface area contributed by atoms with Gasteiger partial charge in [-0.15, -0.1) is 0 Å². The third-order valence-electron chi connectivity index (χ3n) is 0.805. The third-order valence-corrected chi connectivity index (χ3v) is 0.805. The number of hydrogen-bond acceptors (Lipinski definition) is 2. The Kier molecular flexibility index (Phi) is 3.98. The van der Waals surface area contributed by atoms with Crippen molar-refractivity contribution in [2.24, 2.45) is 0 Å². The molecular formula is C4H8CaO3. The number of rotatable bonds is 2. The van der Waals surface area contributed by atoms with Crippen LogP contribution in [-0.2, 0) is 9.53 Å². The van der Waals surface area contributed by atoms with Crippen molar-refractivity contribution in [3.8, 4) is 0 Å². The fourth-order valence-electron chi connectivity index (χ4n) is 0.381. The molecule has 1 heterocycles. The Morgan fingerprint density at radius 3 is 2.62 bits per heavy atom. The van der Waals surface area contributed by atoms with Crippen LogP contribution < -0.4 is 0 Å². The van der Waals surface area contributed by atoms with Crippen molar-refractivity contribution in [1.82, 2.24) is 0 Å². The molecule has 0 spiro atoms. The molecule has 1 N–H and O–H groups in total. The predicted octanol–water partition coefficient (Wildman–Crippen LogP) is -0.296. The largest absolute Gasteiger partial charge is 2.00 e. The molecule has 0 aromatic rings. The van der Waals surface area contributed by atoms with Gasteiger partial charge in [-0.2, -0.15) is 0 Å². The van der Waals surface area contributed by atoms with Gasteiger partial charge in [0.05, 0.1) is 19.1 Å². The van der Waals surface area contributed by atoms with Gasteiger partial charge in [-0.05, 0) is 0 Å². The molecule has 1 atom stereocenters. The first-order valence-corrected chi connectivity index (χ1v) is 2.12. The van der Waals surface area contributed by atoms with Crippen LogP contribution in [-0.4, -0.2) is 61.5 Å². The number of epoxide rings is 1. The van der Waals surface area contributed by atoms with E-state index < -0.39 is 5.97 Å². The van der Waals surface area contributed by atoms with Gasteiger partial charge < -0.3 is 12.7 Å². The third kappa shape index (κ3) is 3.66. The van der Waals surface area contributed by atoms with Crippen LogP contribution >= 0.6 is 0 Å². The first kappa shape index (κ1) is 8.69. The van der Waals surface area contributed by atoms with Gasteiger partial charge in [0.25, 0.3) is 0 Å². The zero-order valence-electron chi connectivity index (χ0n) is 6.46. The zero-order chi connectivity index (χ0) is 5.28. The van der Waals surface area contributed by atoms with E-state index in [0.29, 0.717) is 6.61 Å². The van der Waals surface area contributed by atoms with Crippen molar-refractivity contribution in [3.63, 3.8) is 0 Å². The monoisotopic (exact) mass is 144 g/mol. The van der Waals surface area contributed by atoms with E-state index in [0.717, 1.165) is 0 Å². The normalized spacial score (nSPS) is 23.8. The Morgan fingerprint density at radius 2 is 2.50 bits per heavy atom. The summed E-state index contributed by atoms with van der Waals surface area (Å²) in [5.41, 5.74) is 0. The van der Waals surface area contributed by atoms with E-state index in [-0.39, 0.29) is 53.1 Å². The summed E-state index contributed by atoms with van der Waals surface area (Å²) in [4.78, 5) is 9.77. The molecular weight excluding hydrogens is 136 g/mol. The maximum absolute atomic E-state index is 9.77. The molecule has 0 radical (unpaired) electrons. The van der Waals surface area contributed by atoms with E-state index in [1.54, 1.807) is 0 Å². The van der Waals surface area contributed by atoms with Crippen molar-refractivity contribution in [2.45, 2.75) is 12.5 Å². The summed E-state index contributed by atoms with van der Waals surface area (Å²) in [6.45, 7) is 0.631. The van der Waals surface area contributed by atoms with Crippen molar-refractivity contribution in [3.05, 3.63) is 0 Å². The van der Waals surface area contributed by atoms with Gasteiger partial charge in [0.1, 0.15) is 0 Å². The Bertz CT molecular complexity index is 96.5. The van der Waals surface area contributed by atoms with Crippen molar-refractivity contribution in [2.75, 3.05) is 6.61 Å². The minimum atomic E-state index is -0.775. The molecule has 8 heavy (non-hydrogen) atoms. The molecule has 0 bridgehead atoms.